The van der Waals surface area contributed by atoms with Crippen LogP contribution in [0.5, 0.6) is 5.75 Å². The first-order valence-electron chi connectivity index (χ1n) is 6.60. The summed E-state index contributed by atoms with van der Waals surface area (Å²) in [6.07, 6.45) is 4.10. The van der Waals surface area contributed by atoms with Crippen molar-refractivity contribution in [1.82, 2.24) is 0 Å². The molecule has 0 amide bonds. The highest BCUT2D eigenvalue weighted by Crippen LogP contribution is 2.34. The molecule has 1 fully saturated rings. The first-order valence-corrected chi connectivity index (χ1v) is 9.47. The van der Waals surface area contributed by atoms with E-state index in [-0.39, 0.29) is 11.4 Å². The molecule has 0 heterocycles. The third kappa shape index (κ3) is 3.80. The minimum atomic E-state index is -3.02. The summed E-state index contributed by atoms with van der Waals surface area (Å²) in [4.78, 5) is 0. The van der Waals surface area contributed by atoms with Gasteiger partial charge in [0.2, 0.25) is 0 Å². The smallest absolute Gasteiger partial charge is 0.150 e. The van der Waals surface area contributed by atoms with Crippen LogP contribution in [0, 0.1) is 0 Å². The molecular formula is C14H18Cl2O3S. The van der Waals surface area contributed by atoms with Gasteiger partial charge < -0.3 is 4.74 Å². The molecule has 1 aromatic rings. The zero-order valence-corrected chi connectivity index (χ0v) is 13.6. The maximum atomic E-state index is 11.7. The summed E-state index contributed by atoms with van der Waals surface area (Å²) < 4.78 is 29.3. The molecule has 0 saturated heterocycles. The summed E-state index contributed by atoms with van der Waals surface area (Å²) in [5, 5.41) is 0.202. The molecule has 0 bridgehead atoms. The molecule has 1 aliphatic rings. The standard InChI is InChI=1S/C14H18Cl2O3S/c1-20(17,18)12-6-3-5-11(8-12)19-14-10(9-15)4-2-7-13(14)16/h2,4,7,11-12H,3,5-6,8-9H2,1H3. The number of hydrogen-bond acceptors (Lipinski definition) is 3. The van der Waals surface area contributed by atoms with Crippen LogP contribution in [0.4, 0.5) is 0 Å². The topological polar surface area (TPSA) is 43.4 Å². The van der Waals surface area contributed by atoms with Crippen LogP contribution in [0.2, 0.25) is 5.02 Å². The van der Waals surface area contributed by atoms with Crippen LogP contribution >= 0.6 is 23.2 Å². The van der Waals surface area contributed by atoms with Gasteiger partial charge in [-0.15, -0.1) is 11.6 Å². The van der Waals surface area contributed by atoms with Gasteiger partial charge in [-0.3, -0.25) is 0 Å². The molecular weight excluding hydrogens is 319 g/mol. The fourth-order valence-electron chi connectivity index (χ4n) is 2.56. The predicted octanol–water partition coefficient (Wildman–Crippen LogP) is 3.81. The second-order valence-corrected chi connectivity index (χ2v) is 8.22. The van der Waals surface area contributed by atoms with Gasteiger partial charge in [-0.2, -0.15) is 0 Å². The summed E-state index contributed by atoms with van der Waals surface area (Å²) in [7, 11) is -3.02. The largest absolute Gasteiger partial charge is 0.488 e. The van der Waals surface area contributed by atoms with Gasteiger partial charge in [0.25, 0.3) is 0 Å². The van der Waals surface area contributed by atoms with Gasteiger partial charge in [-0.25, -0.2) is 8.42 Å². The quantitative estimate of drug-likeness (QED) is 0.785. The Morgan fingerprint density at radius 1 is 1.35 bits per heavy atom. The summed E-state index contributed by atoms with van der Waals surface area (Å²) in [5.41, 5.74) is 0.834. The molecule has 3 nitrogen and oxygen atoms in total. The molecule has 0 aliphatic heterocycles. The Bertz CT molecular complexity index is 572. The van der Waals surface area contributed by atoms with Gasteiger partial charge in [0.15, 0.2) is 0 Å². The van der Waals surface area contributed by atoms with Crippen molar-refractivity contribution in [2.45, 2.75) is 42.9 Å². The van der Waals surface area contributed by atoms with Crippen molar-refractivity contribution in [3.05, 3.63) is 28.8 Å². The van der Waals surface area contributed by atoms with E-state index in [0.717, 1.165) is 18.4 Å². The van der Waals surface area contributed by atoms with Crippen LogP contribution < -0.4 is 4.74 Å². The van der Waals surface area contributed by atoms with Crippen LogP contribution in [-0.4, -0.2) is 26.0 Å². The van der Waals surface area contributed by atoms with E-state index >= 15 is 0 Å². The van der Waals surface area contributed by atoms with Crippen molar-refractivity contribution in [2.24, 2.45) is 0 Å². The van der Waals surface area contributed by atoms with Gasteiger partial charge in [-0.1, -0.05) is 23.7 Å². The van der Waals surface area contributed by atoms with Crippen molar-refractivity contribution >= 4 is 33.0 Å². The molecule has 0 radical (unpaired) electrons. The van der Waals surface area contributed by atoms with E-state index in [9.17, 15) is 8.42 Å². The lowest BCUT2D eigenvalue weighted by molar-refractivity contribution is 0.155. The van der Waals surface area contributed by atoms with E-state index in [1.165, 1.54) is 6.26 Å². The molecule has 1 aliphatic carbocycles. The molecule has 2 rings (SSSR count). The van der Waals surface area contributed by atoms with E-state index in [1.807, 2.05) is 12.1 Å². The van der Waals surface area contributed by atoms with Crippen molar-refractivity contribution in [3.63, 3.8) is 0 Å². The SMILES string of the molecule is CS(=O)(=O)C1CCCC(Oc2c(Cl)cccc2CCl)C1. The summed E-state index contributed by atoms with van der Waals surface area (Å²) >= 11 is 12.0. The normalized spacial score (nSPS) is 23.6. The van der Waals surface area contributed by atoms with E-state index in [4.69, 9.17) is 27.9 Å². The first kappa shape index (κ1) is 15.9. The molecule has 2 atom stereocenters. The summed E-state index contributed by atoms with van der Waals surface area (Å²) in [5.74, 6) is 0.904. The number of halogens is 2. The van der Waals surface area contributed by atoms with E-state index in [2.05, 4.69) is 0 Å². The molecule has 6 heteroatoms. The number of hydrogen-bond donors (Lipinski definition) is 0. The molecule has 0 aromatic heterocycles. The number of rotatable bonds is 4. The van der Waals surface area contributed by atoms with Gasteiger partial charge in [0.1, 0.15) is 21.7 Å². The minimum absolute atomic E-state index is 0.120. The number of ether oxygens (including phenoxy) is 1. The van der Waals surface area contributed by atoms with Gasteiger partial charge in [0, 0.05) is 18.2 Å². The zero-order chi connectivity index (χ0) is 14.8. The van der Waals surface area contributed by atoms with Crippen molar-refractivity contribution in [1.29, 1.82) is 0 Å². The van der Waals surface area contributed by atoms with Crippen molar-refractivity contribution in [2.75, 3.05) is 6.26 Å². The highest BCUT2D eigenvalue weighted by molar-refractivity contribution is 7.91. The zero-order valence-electron chi connectivity index (χ0n) is 11.3. The molecule has 0 N–H and O–H groups in total. The molecule has 1 saturated carbocycles. The van der Waals surface area contributed by atoms with Crippen molar-refractivity contribution in [3.8, 4) is 5.75 Å². The Morgan fingerprint density at radius 2 is 2.10 bits per heavy atom. The Hall–Kier alpha value is -0.450. The highest BCUT2D eigenvalue weighted by Gasteiger charge is 2.30. The van der Waals surface area contributed by atoms with Gasteiger partial charge in [-0.05, 0) is 25.3 Å². The Balaban J connectivity index is 2.14. The molecule has 0 spiro atoms. The summed E-state index contributed by atoms with van der Waals surface area (Å²) in [6, 6.07) is 5.45. The summed E-state index contributed by atoms with van der Waals surface area (Å²) in [6.45, 7) is 0. The second-order valence-electron chi connectivity index (χ2n) is 5.22. The monoisotopic (exact) mass is 336 g/mol. The third-order valence-electron chi connectivity index (χ3n) is 3.66. The van der Waals surface area contributed by atoms with E-state index in [1.54, 1.807) is 6.07 Å². The maximum Gasteiger partial charge on any atom is 0.150 e. The number of para-hydroxylation sites is 1. The first-order chi connectivity index (χ1) is 9.41. The van der Waals surface area contributed by atoms with Crippen LogP contribution in [0.1, 0.15) is 31.2 Å². The minimum Gasteiger partial charge on any atom is -0.488 e. The fraction of sp³-hybridized carbons (Fsp3) is 0.571. The predicted molar refractivity (Wildman–Crippen MR) is 82.5 cm³/mol. The molecule has 20 heavy (non-hydrogen) atoms. The van der Waals surface area contributed by atoms with Crippen LogP contribution in [0.25, 0.3) is 0 Å². The fourth-order valence-corrected chi connectivity index (χ4v) is 4.16. The Labute approximate surface area is 130 Å². The Kier molecular flexibility index (Phi) is 5.21. The van der Waals surface area contributed by atoms with Crippen molar-refractivity contribution < 1.29 is 13.2 Å². The third-order valence-corrected chi connectivity index (χ3v) is 5.89. The lowest BCUT2D eigenvalue weighted by Gasteiger charge is -2.29. The Morgan fingerprint density at radius 3 is 2.75 bits per heavy atom. The molecule has 112 valence electrons. The van der Waals surface area contributed by atoms with E-state index in [0.29, 0.717) is 29.5 Å². The van der Waals surface area contributed by atoms with Crippen LogP contribution in [0.15, 0.2) is 18.2 Å². The number of benzene rings is 1. The molecule has 2 unspecified atom stereocenters. The number of alkyl halides is 1. The van der Waals surface area contributed by atoms with Crippen LogP contribution in [-0.2, 0) is 15.7 Å². The van der Waals surface area contributed by atoms with E-state index < -0.39 is 9.84 Å². The highest BCUT2D eigenvalue weighted by atomic mass is 35.5. The van der Waals surface area contributed by atoms with Crippen LogP contribution in [0.3, 0.4) is 0 Å². The average Bonchev–Trinajstić information content (AvgIpc) is 2.40. The van der Waals surface area contributed by atoms with Gasteiger partial charge >= 0.3 is 0 Å². The second kappa shape index (κ2) is 6.54. The molecule has 1 aromatic carbocycles. The maximum absolute atomic E-state index is 11.7. The number of sulfone groups is 1. The lowest BCUT2D eigenvalue weighted by atomic mass is 9.97. The lowest BCUT2D eigenvalue weighted by Crippen LogP contribution is -2.33. The average molecular weight is 337 g/mol. The van der Waals surface area contributed by atoms with Gasteiger partial charge in [0.05, 0.1) is 16.2 Å².